The van der Waals surface area contributed by atoms with Gasteiger partial charge in [0.2, 0.25) is 5.78 Å². The van der Waals surface area contributed by atoms with Crippen LogP contribution >= 0.6 is 34.8 Å². The number of allylic oxidation sites excluding steroid dienone is 1. The molecule has 0 N–H and O–H groups in total. The van der Waals surface area contributed by atoms with Crippen LogP contribution in [0.1, 0.15) is 21.5 Å². The first kappa shape index (κ1) is 18.9. The van der Waals surface area contributed by atoms with E-state index in [0.29, 0.717) is 38.7 Å². The van der Waals surface area contributed by atoms with E-state index >= 15 is 0 Å². The summed E-state index contributed by atoms with van der Waals surface area (Å²) in [5, 5.41) is 1.51. The molecule has 0 fully saturated rings. The quantitative estimate of drug-likeness (QED) is 0.424. The number of hydrogen-bond donors (Lipinski definition) is 0. The molecule has 0 unspecified atom stereocenters. The summed E-state index contributed by atoms with van der Waals surface area (Å²) in [4.78, 5) is 12.6. The highest BCUT2D eigenvalue weighted by molar-refractivity contribution is 6.42. The number of benzene rings is 3. The highest BCUT2D eigenvalue weighted by atomic mass is 35.5. The van der Waals surface area contributed by atoms with E-state index in [1.165, 1.54) is 0 Å². The summed E-state index contributed by atoms with van der Waals surface area (Å²) in [6, 6.07) is 17.7. The van der Waals surface area contributed by atoms with Gasteiger partial charge in [0.05, 0.1) is 15.6 Å². The van der Waals surface area contributed by atoms with Crippen molar-refractivity contribution in [1.29, 1.82) is 0 Å². The van der Waals surface area contributed by atoms with Crippen molar-refractivity contribution in [3.05, 3.63) is 98.2 Å². The van der Waals surface area contributed by atoms with Crippen LogP contribution in [0.2, 0.25) is 15.1 Å². The van der Waals surface area contributed by atoms with E-state index in [-0.39, 0.29) is 11.5 Å². The van der Waals surface area contributed by atoms with Crippen molar-refractivity contribution in [2.45, 2.75) is 6.61 Å². The van der Waals surface area contributed by atoms with Crippen molar-refractivity contribution >= 4 is 46.7 Å². The van der Waals surface area contributed by atoms with Gasteiger partial charge < -0.3 is 9.47 Å². The molecule has 0 bridgehead atoms. The molecule has 3 aromatic carbocycles. The second-order valence-corrected chi connectivity index (χ2v) is 7.38. The molecule has 1 aliphatic rings. The van der Waals surface area contributed by atoms with Gasteiger partial charge in [-0.2, -0.15) is 0 Å². The number of hydrogen-bond acceptors (Lipinski definition) is 3. The van der Waals surface area contributed by atoms with Crippen LogP contribution < -0.4 is 9.47 Å². The fraction of sp³-hybridized carbons (Fsp3) is 0.0455. The average Bonchev–Trinajstić information content (AvgIpc) is 2.99. The summed E-state index contributed by atoms with van der Waals surface area (Å²) in [5.41, 5.74) is 2.09. The third-order valence-corrected chi connectivity index (χ3v) is 5.31. The second-order valence-electron chi connectivity index (χ2n) is 6.16. The molecule has 1 aliphatic heterocycles. The molecule has 4 rings (SSSR count). The lowest BCUT2D eigenvalue weighted by molar-refractivity contribution is 0.101. The Bertz CT molecular complexity index is 1110. The van der Waals surface area contributed by atoms with E-state index in [9.17, 15) is 4.79 Å². The largest absolute Gasteiger partial charge is 0.489 e. The molecule has 3 aromatic rings. The molecule has 0 saturated heterocycles. The fourth-order valence-corrected chi connectivity index (χ4v) is 3.30. The maximum Gasteiger partial charge on any atom is 0.231 e. The predicted molar refractivity (Wildman–Crippen MR) is 112 cm³/mol. The van der Waals surface area contributed by atoms with Gasteiger partial charge in [-0.1, -0.05) is 59.1 Å². The molecule has 0 amide bonds. The SMILES string of the molecule is O=C1/C(=C/c2ccccc2Cl)Oc2cc(OCc3ccc(Cl)c(Cl)c3)ccc21. The number of carbonyl (C=O) groups is 1. The number of Topliss-reactive ketones (excluding diaryl/α,β-unsaturated/α-hetero) is 1. The summed E-state index contributed by atoms with van der Waals surface area (Å²) >= 11 is 18.1. The minimum atomic E-state index is -0.189. The Hall–Kier alpha value is -2.46. The first-order valence-corrected chi connectivity index (χ1v) is 9.54. The lowest BCUT2D eigenvalue weighted by Crippen LogP contribution is -1.98. The van der Waals surface area contributed by atoms with Gasteiger partial charge in [-0.3, -0.25) is 4.79 Å². The van der Waals surface area contributed by atoms with Gasteiger partial charge in [0.15, 0.2) is 5.76 Å². The number of rotatable bonds is 4. The molecule has 0 spiro atoms. The Balaban J connectivity index is 1.52. The van der Waals surface area contributed by atoms with E-state index in [4.69, 9.17) is 44.3 Å². The summed E-state index contributed by atoms with van der Waals surface area (Å²) in [6.07, 6.45) is 1.64. The van der Waals surface area contributed by atoms with Gasteiger partial charge in [0.1, 0.15) is 18.1 Å². The Labute approximate surface area is 177 Å². The van der Waals surface area contributed by atoms with Gasteiger partial charge in [-0.15, -0.1) is 0 Å². The molecule has 0 aliphatic carbocycles. The zero-order valence-electron chi connectivity index (χ0n) is 14.4. The maximum absolute atomic E-state index is 12.6. The van der Waals surface area contributed by atoms with E-state index in [1.54, 1.807) is 42.5 Å². The van der Waals surface area contributed by atoms with Crippen molar-refractivity contribution in [1.82, 2.24) is 0 Å². The standard InChI is InChI=1S/C22H13Cl3O3/c23-17-4-2-1-3-14(17)10-21-22(26)16-7-6-15(11-20(16)28-21)27-12-13-5-8-18(24)19(25)9-13/h1-11H,12H2/b21-10-. The van der Waals surface area contributed by atoms with Crippen LogP contribution in [0.4, 0.5) is 0 Å². The average molecular weight is 432 g/mol. The van der Waals surface area contributed by atoms with Crippen molar-refractivity contribution < 1.29 is 14.3 Å². The molecule has 28 heavy (non-hydrogen) atoms. The highest BCUT2D eigenvalue weighted by Gasteiger charge is 2.28. The van der Waals surface area contributed by atoms with Crippen LogP contribution in [-0.4, -0.2) is 5.78 Å². The minimum absolute atomic E-state index is 0.189. The normalized spacial score (nSPS) is 14.1. The van der Waals surface area contributed by atoms with Gasteiger partial charge in [0.25, 0.3) is 0 Å². The lowest BCUT2D eigenvalue weighted by atomic mass is 10.1. The van der Waals surface area contributed by atoms with E-state index < -0.39 is 0 Å². The van der Waals surface area contributed by atoms with Gasteiger partial charge in [-0.05, 0) is 47.5 Å². The van der Waals surface area contributed by atoms with Crippen molar-refractivity contribution in [3.63, 3.8) is 0 Å². The zero-order valence-corrected chi connectivity index (χ0v) is 16.7. The zero-order chi connectivity index (χ0) is 19.7. The number of carbonyl (C=O) groups excluding carboxylic acids is 1. The predicted octanol–water partition coefficient (Wildman–Crippen LogP) is 6.84. The molecule has 0 saturated carbocycles. The molecule has 0 aromatic heterocycles. The van der Waals surface area contributed by atoms with Crippen LogP contribution in [0.25, 0.3) is 6.08 Å². The van der Waals surface area contributed by atoms with Crippen molar-refractivity contribution in [2.24, 2.45) is 0 Å². The Morgan fingerprint density at radius 3 is 2.50 bits per heavy atom. The lowest BCUT2D eigenvalue weighted by Gasteiger charge is -2.08. The number of ketones is 1. The molecule has 0 atom stereocenters. The van der Waals surface area contributed by atoms with E-state index in [1.807, 2.05) is 24.3 Å². The van der Waals surface area contributed by atoms with Crippen LogP contribution in [0, 0.1) is 0 Å². The second kappa shape index (κ2) is 7.88. The molecular weight excluding hydrogens is 419 g/mol. The molecule has 3 nitrogen and oxygen atoms in total. The van der Waals surface area contributed by atoms with E-state index in [2.05, 4.69) is 0 Å². The first-order valence-electron chi connectivity index (χ1n) is 8.41. The van der Waals surface area contributed by atoms with Gasteiger partial charge in [0, 0.05) is 11.1 Å². The Kier molecular flexibility index (Phi) is 5.31. The Morgan fingerprint density at radius 2 is 1.71 bits per heavy atom. The third kappa shape index (κ3) is 3.88. The van der Waals surface area contributed by atoms with Crippen LogP contribution in [-0.2, 0) is 6.61 Å². The third-order valence-electron chi connectivity index (χ3n) is 4.22. The minimum Gasteiger partial charge on any atom is -0.489 e. The van der Waals surface area contributed by atoms with Gasteiger partial charge >= 0.3 is 0 Å². The molecule has 140 valence electrons. The highest BCUT2D eigenvalue weighted by Crippen LogP contribution is 2.35. The maximum atomic E-state index is 12.6. The summed E-state index contributed by atoms with van der Waals surface area (Å²) in [5.74, 6) is 1.07. The van der Waals surface area contributed by atoms with Gasteiger partial charge in [-0.25, -0.2) is 0 Å². The van der Waals surface area contributed by atoms with E-state index in [0.717, 1.165) is 11.1 Å². The van der Waals surface area contributed by atoms with Crippen LogP contribution in [0.15, 0.2) is 66.4 Å². The van der Waals surface area contributed by atoms with Crippen LogP contribution in [0.5, 0.6) is 11.5 Å². The number of halogens is 3. The topological polar surface area (TPSA) is 35.5 Å². The fourth-order valence-electron chi connectivity index (χ4n) is 2.79. The van der Waals surface area contributed by atoms with Crippen LogP contribution in [0.3, 0.4) is 0 Å². The summed E-state index contributed by atoms with van der Waals surface area (Å²) in [7, 11) is 0. The summed E-state index contributed by atoms with van der Waals surface area (Å²) < 4.78 is 11.5. The smallest absolute Gasteiger partial charge is 0.231 e. The summed E-state index contributed by atoms with van der Waals surface area (Å²) in [6.45, 7) is 0.311. The molecule has 1 heterocycles. The Morgan fingerprint density at radius 1 is 0.893 bits per heavy atom. The molecule has 6 heteroatoms. The monoisotopic (exact) mass is 430 g/mol. The molecular formula is C22H13Cl3O3. The molecule has 0 radical (unpaired) electrons. The van der Waals surface area contributed by atoms with Crippen molar-refractivity contribution in [2.75, 3.05) is 0 Å². The number of ether oxygens (including phenoxy) is 2. The van der Waals surface area contributed by atoms with Crippen molar-refractivity contribution in [3.8, 4) is 11.5 Å². The first-order chi connectivity index (χ1) is 13.5. The number of fused-ring (bicyclic) bond motifs is 1.